The summed E-state index contributed by atoms with van der Waals surface area (Å²) in [6, 6.07) is 0. The van der Waals surface area contributed by atoms with Crippen molar-refractivity contribution >= 4 is 0 Å². The van der Waals surface area contributed by atoms with Crippen LogP contribution in [-0.2, 0) is 0 Å². The largest absolute Gasteiger partial charge is 0.316 e. The van der Waals surface area contributed by atoms with Gasteiger partial charge in [-0.05, 0) is 44.7 Å². The van der Waals surface area contributed by atoms with Gasteiger partial charge in [0, 0.05) is 0 Å². The quantitative estimate of drug-likeness (QED) is 0.505. The molecule has 0 atom stereocenters. The van der Waals surface area contributed by atoms with Crippen LogP contribution in [0.15, 0.2) is 12.2 Å². The molecule has 1 fully saturated rings. The Balaban J connectivity index is 1.96. The summed E-state index contributed by atoms with van der Waals surface area (Å²) in [6.07, 6.45) is 14.5. The zero-order valence-corrected chi connectivity index (χ0v) is 9.60. The Bertz CT molecular complexity index is 145. The minimum absolute atomic E-state index is 0.898. The second-order valence-corrected chi connectivity index (χ2v) is 4.36. The molecule has 0 amide bonds. The van der Waals surface area contributed by atoms with E-state index in [-0.39, 0.29) is 0 Å². The number of hydrogen-bond acceptors (Lipinski definition) is 1. The molecule has 82 valence electrons. The summed E-state index contributed by atoms with van der Waals surface area (Å²) in [6.45, 7) is 4.53. The average Bonchev–Trinajstić information content (AvgIpc) is 2.25. The molecule has 0 heterocycles. The summed E-state index contributed by atoms with van der Waals surface area (Å²) < 4.78 is 0. The van der Waals surface area contributed by atoms with Crippen molar-refractivity contribution in [1.29, 1.82) is 0 Å². The molecule has 0 aromatic carbocycles. The van der Waals surface area contributed by atoms with Crippen molar-refractivity contribution in [2.24, 2.45) is 5.92 Å². The van der Waals surface area contributed by atoms with Gasteiger partial charge in [0.05, 0.1) is 0 Å². The standard InChI is InChI=1S/C13H25N/c1-2-11-14-12-7-6-10-13-8-4-3-5-9-13/h6,10,13-14H,2-5,7-9,11-12H2,1H3. The second-order valence-electron chi connectivity index (χ2n) is 4.36. The number of hydrogen-bond donors (Lipinski definition) is 1. The molecule has 0 unspecified atom stereocenters. The van der Waals surface area contributed by atoms with E-state index in [1.807, 2.05) is 0 Å². The van der Waals surface area contributed by atoms with Crippen LogP contribution in [0, 0.1) is 5.92 Å². The lowest BCUT2D eigenvalue weighted by molar-refractivity contribution is 0.418. The minimum Gasteiger partial charge on any atom is -0.316 e. The Labute approximate surface area is 89.0 Å². The molecule has 1 aliphatic carbocycles. The molecule has 0 saturated heterocycles. The van der Waals surface area contributed by atoms with Crippen LogP contribution in [0.5, 0.6) is 0 Å². The van der Waals surface area contributed by atoms with Crippen molar-refractivity contribution in [3.63, 3.8) is 0 Å². The SMILES string of the molecule is CCCNCCC=CC1CCCCC1. The van der Waals surface area contributed by atoms with E-state index >= 15 is 0 Å². The maximum atomic E-state index is 3.42. The molecule has 1 nitrogen and oxygen atoms in total. The highest BCUT2D eigenvalue weighted by Crippen LogP contribution is 2.24. The number of rotatable bonds is 6. The predicted octanol–water partition coefficient (Wildman–Crippen LogP) is 3.51. The first kappa shape index (κ1) is 11.8. The summed E-state index contributed by atoms with van der Waals surface area (Å²) in [5, 5.41) is 3.42. The van der Waals surface area contributed by atoms with Crippen LogP contribution < -0.4 is 5.32 Å². The minimum atomic E-state index is 0.898. The van der Waals surface area contributed by atoms with Crippen LogP contribution in [0.1, 0.15) is 51.9 Å². The Morgan fingerprint density at radius 3 is 2.64 bits per heavy atom. The molecule has 1 rings (SSSR count). The maximum absolute atomic E-state index is 3.42. The van der Waals surface area contributed by atoms with Crippen LogP contribution in [0.4, 0.5) is 0 Å². The third kappa shape index (κ3) is 5.43. The lowest BCUT2D eigenvalue weighted by Crippen LogP contribution is -2.15. The van der Waals surface area contributed by atoms with Crippen LogP contribution in [0.3, 0.4) is 0 Å². The zero-order chi connectivity index (χ0) is 10.1. The van der Waals surface area contributed by atoms with E-state index in [2.05, 4.69) is 24.4 Å². The fourth-order valence-electron chi connectivity index (χ4n) is 2.10. The van der Waals surface area contributed by atoms with Crippen molar-refractivity contribution in [1.82, 2.24) is 5.32 Å². The van der Waals surface area contributed by atoms with Crippen molar-refractivity contribution < 1.29 is 0 Å². The third-order valence-corrected chi connectivity index (χ3v) is 2.97. The monoisotopic (exact) mass is 195 g/mol. The number of allylic oxidation sites excluding steroid dienone is 1. The molecule has 0 bridgehead atoms. The highest BCUT2D eigenvalue weighted by molar-refractivity contribution is 4.90. The Kier molecular flexibility index (Phi) is 6.77. The average molecular weight is 195 g/mol. The van der Waals surface area contributed by atoms with E-state index < -0.39 is 0 Å². The highest BCUT2D eigenvalue weighted by atomic mass is 14.8. The van der Waals surface area contributed by atoms with Crippen LogP contribution >= 0.6 is 0 Å². The molecule has 1 saturated carbocycles. The molecule has 0 radical (unpaired) electrons. The van der Waals surface area contributed by atoms with E-state index in [1.54, 1.807) is 0 Å². The van der Waals surface area contributed by atoms with Gasteiger partial charge in [0.1, 0.15) is 0 Å². The predicted molar refractivity (Wildman–Crippen MR) is 63.5 cm³/mol. The van der Waals surface area contributed by atoms with Crippen molar-refractivity contribution in [3.05, 3.63) is 12.2 Å². The molecule has 0 aromatic rings. The first-order chi connectivity index (χ1) is 6.93. The molecule has 1 aliphatic rings. The van der Waals surface area contributed by atoms with E-state index in [9.17, 15) is 0 Å². The topological polar surface area (TPSA) is 12.0 Å². The molecule has 1 N–H and O–H groups in total. The fourth-order valence-corrected chi connectivity index (χ4v) is 2.10. The van der Waals surface area contributed by atoms with Crippen LogP contribution in [-0.4, -0.2) is 13.1 Å². The first-order valence-corrected chi connectivity index (χ1v) is 6.31. The molecule has 0 aromatic heterocycles. The number of nitrogens with one attached hydrogen (secondary N) is 1. The molecule has 0 aliphatic heterocycles. The molecule has 1 heteroatoms. The molecule has 14 heavy (non-hydrogen) atoms. The van der Waals surface area contributed by atoms with E-state index in [0.717, 1.165) is 19.0 Å². The lowest BCUT2D eigenvalue weighted by Gasteiger charge is -2.17. The fraction of sp³-hybridized carbons (Fsp3) is 0.846. The lowest BCUT2D eigenvalue weighted by atomic mass is 9.89. The molecular weight excluding hydrogens is 170 g/mol. The van der Waals surface area contributed by atoms with Gasteiger partial charge in [-0.1, -0.05) is 38.3 Å². The molecular formula is C13H25N. The van der Waals surface area contributed by atoms with Gasteiger partial charge in [-0.3, -0.25) is 0 Å². The van der Waals surface area contributed by atoms with Crippen LogP contribution in [0.2, 0.25) is 0 Å². The molecule has 0 spiro atoms. The van der Waals surface area contributed by atoms with Gasteiger partial charge in [0.25, 0.3) is 0 Å². The van der Waals surface area contributed by atoms with E-state index in [0.29, 0.717) is 0 Å². The van der Waals surface area contributed by atoms with Gasteiger partial charge >= 0.3 is 0 Å². The maximum Gasteiger partial charge on any atom is -0.00143 e. The van der Waals surface area contributed by atoms with Gasteiger partial charge in [-0.25, -0.2) is 0 Å². The zero-order valence-electron chi connectivity index (χ0n) is 9.60. The smallest absolute Gasteiger partial charge is 0.00143 e. The third-order valence-electron chi connectivity index (χ3n) is 2.97. The van der Waals surface area contributed by atoms with E-state index in [4.69, 9.17) is 0 Å². The van der Waals surface area contributed by atoms with Gasteiger partial charge in [0.2, 0.25) is 0 Å². The van der Waals surface area contributed by atoms with Gasteiger partial charge < -0.3 is 5.32 Å². The van der Waals surface area contributed by atoms with Gasteiger partial charge in [-0.15, -0.1) is 0 Å². The summed E-state index contributed by atoms with van der Waals surface area (Å²) in [4.78, 5) is 0. The van der Waals surface area contributed by atoms with Crippen LogP contribution in [0.25, 0.3) is 0 Å². The van der Waals surface area contributed by atoms with Gasteiger partial charge in [-0.2, -0.15) is 0 Å². The van der Waals surface area contributed by atoms with Crippen molar-refractivity contribution in [2.75, 3.05) is 13.1 Å². The summed E-state index contributed by atoms with van der Waals surface area (Å²) in [7, 11) is 0. The Hall–Kier alpha value is -0.300. The van der Waals surface area contributed by atoms with Crippen molar-refractivity contribution in [3.8, 4) is 0 Å². The second kappa shape index (κ2) is 8.05. The Morgan fingerprint density at radius 2 is 1.93 bits per heavy atom. The summed E-state index contributed by atoms with van der Waals surface area (Å²) >= 11 is 0. The Morgan fingerprint density at radius 1 is 1.14 bits per heavy atom. The highest BCUT2D eigenvalue weighted by Gasteiger charge is 2.08. The first-order valence-electron chi connectivity index (χ1n) is 6.31. The summed E-state index contributed by atoms with van der Waals surface area (Å²) in [5.74, 6) is 0.898. The normalized spacial score (nSPS) is 19.2. The van der Waals surface area contributed by atoms with Gasteiger partial charge in [0.15, 0.2) is 0 Å². The van der Waals surface area contributed by atoms with Crippen molar-refractivity contribution in [2.45, 2.75) is 51.9 Å². The summed E-state index contributed by atoms with van der Waals surface area (Å²) in [5.41, 5.74) is 0. The van der Waals surface area contributed by atoms with E-state index in [1.165, 1.54) is 44.9 Å².